The van der Waals surface area contributed by atoms with Crippen molar-refractivity contribution in [1.82, 2.24) is 19.6 Å². The van der Waals surface area contributed by atoms with Crippen molar-refractivity contribution in [2.24, 2.45) is 5.73 Å². The van der Waals surface area contributed by atoms with Crippen molar-refractivity contribution in [3.05, 3.63) is 65.1 Å². The van der Waals surface area contributed by atoms with E-state index in [4.69, 9.17) is 17.3 Å². The number of rotatable bonds is 3. The van der Waals surface area contributed by atoms with Crippen molar-refractivity contribution >= 4 is 29.1 Å². The van der Waals surface area contributed by atoms with E-state index >= 15 is 0 Å². The molecule has 8 nitrogen and oxygen atoms in total. The predicted octanol–water partition coefficient (Wildman–Crippen LogP) is 3.78. The number of nitrogens with two attached hydrogens (primary N) is 1. The van der Waals surface area contributed by atoms with Crippen LogP contribution < -0.4 is 11.1 Å². The first-order valence-electron chi connectivity index (χ1n) is 8.55. The number of pyridine rings is 1. The summed E-state index contributed by atoms with van der Waals surface area (Å²) in [5.74, 6) is 0.292. The number of halogens is 1. The molecule has 142 valence electrons. The third-order valence-corrected chi connectivity index (χ3v) is 4.41. The quantitative estimate of drug-likeness (QED) is 0.504. The lowest BCUT2D eigenvalue weighted by atomic mass is 10.00. The van der Waals surface area contributed by atoms with Gasteiger partial charge in [0.25, 0.3) is 0 Å². The fraction of sp³-hybridized carbons (Fsp3) is 0.0500. The fourth-order valence-electron chi connectivity index (χ4n) is 3.10. The van der Waals surface area contributed by atoms with Crippen LogP contribution in [0.3, 0.4) is 0 Å². The lowest BCUT2D eigenvalue weighted by molar-refractivity contribution is 0.259. The number of nitriles is 1. The van der Waals surface area contributed by atoms with Gasteiger partial charge in [0.2, 0.25) is 0 Å². The highest BCUT2D eigenvalue weighted by Crippen LogP contribution is 2.36. The molecule has 0 unspecified atom stereocenters. The summed E-state index contributed by atoms with van der Waals surface area (Å²) in [6.07, 6.45) is 1.67. The maximum Gasteiger partial charge on any atom is 0.317 e. The minimum Gasteiger partial charge on any atom is -0.351 e. The lowest BCUT2D eigenvalue weighted by Gasteiger charge is -2.06. The molecule has 0 bridgehead atoms. The molecular formula is C20H14ClN7O. The molecule has 0 atom stereocenters. The number of amides is 2. The molecule has 2 amide bonds. The Hall–Kier alpha value is -3.96. The smallest absolute Gasteiger partial charge is 0.317 e. The molecular weight excluding hydrogens is 390 g/mol. The second kappa shape index (κ2) is 7.22. The van der Waals surface area contributed by atoms with Crippen molar-refractivity contribution in [3.63, 3.8) is 0 Å². The van der Waals surface area contributed by atoms with Gasteiger partial charge < -0.3 is 5.73 Å². The largest absolute Gasteiger partial charge is 0.351 e. The molecule has 4 rings (SSSR count). The average molecular weight is 404 g/mol. The zero-order valence-electron chi connectivity index (χ0n) is 15.2. The average Bonchev–Trinajstić information content (AvgIpc) is 3.05. The molecule has 4 aromatic rings. The molecule has 3 aromatic heterocycles. The van der Waals surface area contributed by atoms with Gasteiger partial charge in [0.15, 0.2) is 5.65 Å². The molecule has 29 heavy (non-hydrogen) atoms. The Morgan fingerprint density at radius 1 is 1.21 bits per heavy atom. The van der Waals surface area contributed by atoms with Gasteiger partial charge in [0, 0.05) is 17.5 Å². The number of nitrogens with zero attached hydrogens (tertiary/aromatic N) is 5. The van der Waals surface area contributed by atoms with Crippen molar-refractivity contribution in [2.75, 3.05) is 5.32 Å². The van der Waals surface area contributed by atoms with Crippen LogP contribution in [0.2, 0.25) is 5.15 Å². The third kappa shape index (κ3) is 3.59. The van der Waals surface area contributed by atoms with Crippen LogP contribution in [0.15, 0.2) is 48.7 Å². The number of carbonyl (C=O) groups is 1. The number of benzene rings is 1. The van der Waals surface area contributed by atoms with Crippen LogP contribution in [-0.4, -0.2) is 25.6 Å². The van der Waals surface area contributed by atoms with Gasteiger partial charge in [0.1, 0.15) is 16.7 Å². The highest BCUT2D eigenvalue weighted by atomic mass is 35.5. The molecule has 3 heterocycles. The van der Waals surface area contributed by atoms with E-state index in [0.717, 1.165) is 16.8 Å². The number of primary amides is 1. The molecule has 0 radical (unpaired) electrons. The molecule has 0 aliphatic carbocycles. The number of carbonyl (C=O) groups excluding carboxylic acids is 1. The summed E-state index contributed by atoms with van der Waals surface area (Å²) in [7, 11) is 0. The highest BCUT2D eigenvalue weighted by Gasteiger charge is 2.19. The van der Waals surface area contributed by atoms with Gasteiger partial charge in [-0.25, -0.2) is 19.3 Å². The Labute approximate surface area is 170 Å². The normalized spacial score (nSPS) is 10.7. The van der Waals surface area contributed by atoms with Gasteiger partial charge in [-0.05, 0) is 42.8 Å². The zero-order valence-corrected chi connectivity index (χ0v) is 16.0. The second-order valence-corrected chi connectivity index (χ2v) is 6.69. The van der Waals surface area contributed by atoms with Crippen LogP contribution >= 0.6 is 11.6 Å². The van der Waals surface area contributed by atoms with Gasteiger partial charge in [-0.1, -0.05) is 23.7 Å². The van der Waals surface area contributed by atoms with Gasteiger partial charge in [-0.15, -0.1) is 0 Å². The third-order valence-electron chi connectivity index (χ3n) is 4.21. The van der Waals surface area contributed by atoms with E-state index in [2.05, 4.69) is 26.5 Å². The van der Waals surface area contributed by atoms with E-state index in [-0.39, 0.29) is 0 Å². The fourth-order valence-corrected chi connectivity index (χ4v) is 3.35. The Bertz CT molecular complexity index is 1290. The van der Waals surface area contributed by atoms with Gasteiger partial charge in [-0.2, -0.15) is 10.4 Å². The summed E-state index contributed by atoms with van der Waals surface area (Å²) < 4.78 is 1.60. The van der Waals surface area contributed by atoms with Crippen molar-refractivity contribution < 1.29 is 4.79 Å². The molecule has 0 saturated carbocycles. The van der Waals surface area contributed by atoms with Crippen LogP contribution in [0.1, 0.15) is 11.3 Å². The standard InChI is InChI=1S/C20H14ClN7O/c1-11-7-14(9-15(21)24-11)17-18(13-4-2-3-12(8-13)10-22)27-28-6-5-16(25-19(17)28)26-20(23)29/h2-9H,1H3,(H3,23,25,26,29). The number of fused-ring (bicyclic) bond motifs is 1. The van der Waals surface area contributed by atoms with Gasteiger partial charge in [0.05, 0.1) is 17.2 Å². The molecule has 0 saturated heterocycles. The zero-order chi connectivity index (χ0) is 20.5. The number of hydrogen-bond acceptors (Lipinski definition) is 5. The van der Waals surface area contributed by atoms with Gasteiger partial charge >= 0.3 is 6.03 Å². The number of nitrogens with one attached hydrogen (secondary N) is 1. The molecule has 0 aliphatic heterocycles. The molecule has 0 spiro atoms. The summed E-state index contributed by atoms with van der Waals surface area (Å²) in [5, 5.41) is 16.7. The number of aryl methyl sites for hydroxylation is 1. The first-order valence-corrected chi connectivity index (χ1v) is 8.93. The monoisotopic (exact) mass is 403 g/mol. The lowest BCUT2D eigenvalue weighted by Crippen LogP contribution is -2.20. The Balaban J connectivity index is 2.04. The summed E-state index contributed by atoms with van der Waals surface area (Å²) in [5.41, 5.74) is 9.78. The number of anilines is 1. The molecule has 0 aliphatic rings. The Kier molecular flexibility index (Phi) is 4.58. The number of aromatic nitrogens is 4. The van der Waals surface area contributed by atoms with E-state index in [1.165, 1.54) is 0 Å². The maximum absolute atomic E-state index is 11.2. The van der Waals surface area contributed by atoms with E-state index in [1.54, 1.807) is 41.0 Å². The SMILES string of the molecule is Cc1cc(-c2c(-c3cccc(C#N)c3)nn3ccc(NC(N)=O)nc23)cc(Cl)n1. The van der Waals surface area contributed by atoms with Crippen molar-refractivity contribution in [1.29, 1.82) is 5.26 Å². The molecule has 3 N–H and O–H groups in total. The second-order valence-electron chi connectivity index (χ2n) is 6.31. The minimum absolute atomic E-state index is 0.292. The molecule has 9 heteroatoms. The summed E-state index contributed by atoms with van der Waals surface area (Å²) in [4.78, 5) is 20.0. The first-order chi connectivity index (χ1) is 13.9. The first kappa shape index (κ1) is 18.4. The van der Waals surface area contributed by atoms with Crippen LogP contribution in [0.4, 0.5) is 10.6 Å². The van der Waals surface area contributed by atoms with Crippen LogP contribution in [0, 0.1) is 18.3 Å². The van der Waals surface area contributed by atoms with E-state index < -0.39 is 6.03 Å². The minimum atomic E-state index is -0.715. The molecule has 1 aromatic carbocycles. The van der Waals surface area contributed by atoms with Crippen molar-refractivity contribution in [3.8, 4) is 28.5 Å². The van der Waals surface area contributed by atoms with Crippen molar-refractivity contribution in [2.45, 2.75) is 6.92 Å². The highest BCUT2D eigenvalue weighted by molar-refractivity contribution is 6.29. The summed E-state index contributed by atoms with van der Waals surface area (Å²) in [6, 6.07) is 13.7. The topological polar surface area (TPSA) is 122 Å². The predicted molar refractivity (Wildman–Crippen MR) is 109 cm³/mol. The number of urea groups is 1. The Morgan fingerprint density at radius 2 is 2.03 bits per heavy atom. The Morgan fingerprint density at radius 3 is 2.76 bits per heavy atom. The summed E-state index contributed by atoms with van der Waals surface area (Å²) >= 11 is 6.19. The van der Waals surface area contributed by atoms with Crippen LogP contribution in [0.5, 0.6) is 0 Å². The summed E-state index contributed by atoms with van der Waals surface area (Å²) in [6.45, 7) is 1.84. The van der Waals surface area contributed by atoms with Crippen LogP contribution in [0.25, 0.3) is 28.0 Å². The van der Waals surface area contributed by atoms with E-state index in [9.17, 15) is 10.1 Å². The van der Waals surface area contributed by atoms with Crippen LogP contribution in [-0.2, 0) is 0 Å². The maximum atomic E-state index is 11.2. The van der Waals surface area contributed by atoms with E-state index in [0.29, 0.717) is 33.4 Å². The number of hydrogen-bond donors (Lipinski definition) is 2. The van der Waals surface area contributed by atoms with E-state index in [1.807, 2.05) is 19.1 Å². The molecule has 0 fully saturated rings. The van der Waals surface area contributed by atoms with Gasteiger partial charge in [-0.3, -0.25) is 5.32 Å².